The van der Waals surface area contributed by atoms with Crippen LogP contribution in [0.1, 0.15) is 48.8 Å². The minimum Gasteiger partial charge on any atom is -0.502 e. The number of aromatic nitrogens is 3. The summed E-state index contributed by atoms with van der Waals surface area (Å²) in [4.78, 5) is 40.0. The van der Waals surface area contributed by atoms with Crippen molar-refractivity contribution in [2.24, 2.45) is 0 Å². The molecule has 0 saturated carbocycles. The van der Waals surface area contributed by atoms with Crippen molar-refractivity contribution in [3.63, 3.8) is 0 Å². The quantitative estimate of drug-likeness (QED) is 0.604. The lowest BCUT2D eigenvalue weighted by Gasteiger charge is -2.50. The van der Waals surface area contributed by atoms with E-state index in [1.165, 1.54) is 33.8 Å². The Bertz CT molecular complexity index is 1380. The van der Waals surface area contributed by atoms with E-state index in [0.29, 0.717) is 5.01 Å². The number of pyridine rings is 1. The predicted molar refractivity (Wildman–Crippen MR) is 120 cm³/mol. The lowest BCUT2D eigenvalue weighted by atomic mass is 10.1. The standard InChI is InChI=1S/C22H21F2N5O4S/c1-5-27-21(33)17-19(32)18(31)14(10-28(17)29(11(2)30)22(27,3)4)20-26-25-16(34-20)8-12-6-7-13(23)9-15(12)24/h6-7,9-10,32H,5,8H2,1-4H3. The van der Waals surface area contributed by atoms with Gasteiger partial charge in [0.1, 0.15) is 22.3 Å². The van der Waals surface area contributed by atoms with Crippen LogP contribution >= 0.6 is 11.3 Å². The van der Waals surface area contributed by atoms with Crippen LogP contribution in [0.5, 0.6) is 5.75 Å². The van der Waals surface area contributed by atoms with Crippen LogP contribution in [-0.4, -0.2) is 48.9 Å². The van der Waals surface area contributed by atoms with Crippen molar-refractivity contribution in [1.82, 2.24) is 19.8 Å². The van der Waals surface area contributed by atoms with Crippen LogP contribution in [0.25, 0.3) is 10.6 Å². The number of fused-ring (bicyclic) bond motifs is 1. The highest BCUT2D eigenvalue weighted by atomic mass is 32.1. The van der Waals surface area contributed by atoms with Crippen molar-refractivity contribution in [2.45, 2.75) is 39.8 Å². The molecule has 34 heavy (non-hydrogen) atoms. The van der Waals surface area contributed by atoms with Crippen molar-refractivity contribution in [1.29, 1.82) is 0 Å². The van der Waals surface area contributed by atoms with Crippen molar-refractivity contribution >= 4 is 23.2 Å². The van der Waals surface area contributed by atoms with Gasteiger partial charge in [0, 0.05) is 32.2 Å². The Kier molecular flexibility index (Phi) is 5.72. The molecule has 12 heteroatoms. The first-order valence-electron chi connectivity index (χ1n) is 10.4. The Morgan fingerprint density at radius 2 is 1.91 bits per heavy atom. The number of hydrogen-bond acceptors (Lipinski definition) is 7. The average molecular weight is 490 g/mol. The summed E-state index contributed by atoms with van der Waals surface area (Å²) in [5, 5.41) is 20.4. The molecule has 1 N–H and O–H groups in total. The van der Waals surface area contributed by atoms with Crippen LogP contribution in [0.3, 0.4) is 0 Å². The minimum absolute atomic E-state index is 0.0125. The first kappa shape index (κ1) is 23.5. The Balaban J connectivity index is 1.83. The van der Waals surface area contributed by atoms with Crippen molar-refractivity contribution in [2.75, 3.05) is 11.6 Å². The zero-order valence-electron chi connectivity index (χ0n) is 18.8. The monoisotopic (exact) mass is 489 g/mol. The zero-order chi connectivity index (χ0) is 24.9. The molecule has 1 aliphatic heterocycles. The maximum Gasteiger partial charge on any atom is 0.278 e. The first-order valence-corrected chi connectivity index (χ1v) is 11.2. The van der Waals surface area contributed by atoms with E-state index in [1.807, 2.05) is 0 Å². The SMILES string of the molecule is CCN1C(=O)c2c(O)c(=O)c(-c3nnc(Cc4ccc(F)cc4F)s3)cn2N(C(C)=O)C1(C)C. The van der Waals surface area contributed by atoms with E-state index in [0.717, 1.165) is 23.5 Å². The summed E-state index contributed by atoms with van der Waals surface area (Å²) in [7, 11) is 0. The highest BCUT2D eigenvalue weighted by Crippen LogP contribution is 2.33. The van der Waals surface area contributed by atoms with E-state index in [9.17, 15) is 28.3 Å². The molecular weight excluding hydrogens is 468 g/mol. The molecule has 0 radical (unpaired) electrons. The molecule has 0 atom stereocenters. The second-order valence-electron chi connectivity index (χ2n) is 8.20. The second kappa shape index (κ2) is 8.28. The number of rotatable bonds is 4. The smallest absolute Gasteiger partial charge is 0.278 e. The molecule has 0 unspecified atom stereocenters. The van der Waals surface area contributed by atoms with Gasteiger partial charge in [-0.05, 0) is 32.4 Å². The predicted octanol–water partition coefficient (Wildman–Crippen LogP) is 2.64. The fraction of sp³-hybridized carbons (Fsp3) is 0.318. The molecule has 3 heterocycles. The molecule has 3 aromatic rings. The van der Waals surface area contributed by atoms with Crippen LogP contribution in [0.2, 0.25) is 0 Å². The molecule has 0 spiro atoms. The Morgan fingerprint density at radius 3 is 2.53 bits per heavy atom. The normalized spacial score (nSPS) is 14.9. The van der Waals surface area contributed by atoms with Gasteiger partial charge in [0.15, 0.2) is 16.5 Å². The number of halogens is 2. The van der Waals surface area contributed by atoms with Crippen LogP contribution in [0.4, 0.5) is 8.78 Å². The molecule has 2 aromatic heterocycles. The zero-order valence-corrected chi connectivity index (χ0v) is 19.6. The molecule has 4 rings (SSSR count). The van der Waals surface area contributed by atoms with E-state index < -0.39 is 40.3 Å². The number of carbonyl (C=O) groups is 2. The summed E-state index contributed by atoms with van der Waals surface area (Å²) < 4.78 is 28.4. The summed E-state index contributed by atoms with van der Waals surface area (Å²) in [6, 6.07) is 3.19. The molecule has 1 aromatic carbocycles. The van der Waals surface area contributed by atoms with E-state index in [4.69, 9.17) is 0 Å². The number of hydrogen-bond donors (Lipinski definition) is 1. The Morgan fingerprint density at radius 1 is 1.21 bits per heavy atom. The number of benzene rings is 1. The Hall–Kier alpha value is -3.67. The van der Waals surface area contributed by atoms with Gasteiger partial charge in [-0.15, -0.1) is 10.2 Å². The van der Waals surface area contributed by atoms with Crippen molar-refractivity contribution < 1.29 is 23.5 Å². The maximum atomic E-state index is 14.0. The number of aromatic hydroxyl groups is 1. The van der Waals surface area contributed by atoms with E-state index in [2.05, 4.69) is 10.2 Å². The first-order chi connectivity index (χ1) is 16.0. The second-order valence-corrected chi connectivity index (χ2v) is 9.26. The van der Waals surface area contributed by atoms with Gasteiger partial charge in [0.05, 0.1) is 5.56 Å². The fourth-order valence-corrected chi connectivity index (χ4v) is 5.05. The molecule has 0 saturated heterocycles. The van der Waals surface area contributed by atoms with Gasteiger partial charge in [-0.3, -0.25) is 14.4 Å². The summed E-state index contributed by atoms with van der Waals surface area (Å²) >= 11 is 0.977. The summed E-state index contributed by atoms with van der Waals surface area (Å²) in [6.45, 7) is 6.63. The minimum atomic E-state index is -1.09. The van der Waals surface area contributed by atoms with E-state index in [1.54, 1.807) is 20.8 Å². The van der Waals surface area contributed by atoms with Crippen molar-refractivity contribution in [3.8, 4) is 16.3 Å². The highest BCUT2D eigenvalue weighted by Gasteiger charge is 2.46. The largest absolute Gasteiger partial charge is 0.502 e. The summed E-state index contributed by atoms with van der Waals surface area (Å²) in [6.07, 6.45) is 1.28. The molecule has 1 aliphatic rings. The van der Waals surface area contributed by atoms with E-state index in [-0.39, 0.29) is 34.8 Å². The molecule has 0 bridgehead atoms. The number of carbonyl (C=O) groups excluding carboxylic acids is 2. The van der Waals surface area contributed by atoms with Gasteiger partial charge in [-0.1, -0.05) is 17.4 Å². The van der Waals surface area contributed by atoms with Crippen LogP contribution in [0.15, 0.2) is 29.2 Å². The molecule has 178 valence electrons. The summed E-state index contributed by atoms with van der Waals surface area (Å²) in [5.74, 6) is -3.27. The highest BCUT2D eigenvalue weighted by molar-refractivity contribution is 7.14. The third kappa shape index (κ3) is 3.63. The van der Waals surface area contributed by atoms with Gasteiger partial charge in [0.25, 0.3) is 5.91 Å². The van der Waals surface area contributed by atoms with E-state index >= 15 is 0 Å². The average Bonchev–Trinajstić information content (AvgIpc) is 3.20. The van der Waals surface area contributed by atoms with Gasteiger partial charge in [-0.2, -0.15) is 0 Å². The van der Waals surface area contributed by atoms with Crippen LogP contribution < -0.4 is 10.4 Å². The third-order valence-corrected chi connectivity index (χ3v) is 6.63. The van der Waals surface area contributed by atoms with Gasteiger partial charge in [-0.25, -0.2) is 18.5 Å². The topological polar surface area (TPSA) is 109 Å². The third-order valence-electron chi connectivity index (χ3n) is 5.68. The molecule has 9 nitrogen and oxygen atoms in total. The van der Waals surface area contributed by atoms with Crippen molar-refractivity contribution in [3.05, 3.63) is 62.5 Å². The Labute approximate surface area is 196 Å². The lowest BCUT2D eigenvalue weighted by Crippen LogP contribution is -2.68. The van der Waals surface area contributed by atoms with Gasteiger partial charge in [0.2, 0.25) is 11.3 Å². The molecule has 0 aliphatic carbocycles. The van der Waals surface area contributed by atoms with Gasteiger partial charge >= 0.3 is 0 Å². The molecule has 0 fully saturated rings. The fourth-order valence-electron chi connectivity index (χ4n) is 4.18. The molecular formula is C22H21F2N5O4S. The maximum absolute atomic E-state index is 14.0. The molecule has 2 amide bonds. The van der Waals surface area contributed by atoms with Crippen LogP contribution in [0, 0.1) is 11.6 Å². The summed E-state index contributed by atoms with van der Waals surface area (Å²) in [5.41, 5.74) is -2.15. The van der Waals surface area contributed by atoms with Gasteiger partial charge < -0.3 is 10.0 Å². The number of nitrogens with zero attached hydrogens (tertiary/aromatic N) is 5. The lowest BCUT2D eigenvalue weighted by molar-refractivity contribution is -0.121. The van der Waals surface area contributed by atoms with Crippen LogP contribution in [-0.2, 0) is 11.2 Å². The number of amides is 2.